The van der Waals surface area contributed by atoms with Gasteiger partial charge >= 0.3 is 0 Å². The van der Waals surface area contributed by atoms with Gasteiger partial charge in [-0.3, -0.25) is 0 Å². The lowest BCUT2D eigenvalue weighted by Gasteiger charge is -2.08. The lowest BCUT2D eigenvalue weighted by atomic mass is 10.2. The third-order valence-electron chi connectivity index (χ3n) is 2.32. The smallest absolute Gasteiger partial charge is 0.133 e. The molecule has 0 aliphatic heterocycles. The number of anilines is 1. The fourth-order valence-electron chi connectivity index (χ4n) is 1.53. The maximum atomic E-state index is 5.70. The van der Waals surface area contributed by atoms with E-state index in [1.807, 2.05) is 63.2 Å². The second-order valence-corrected chi connectivity index (χ2v) is 4.06. The Hall–Kier alpha value is -2.29. The van der Waals surface area contributed by atoms with Crippen LogP contribution in [-0.2, 0) is 6.61 Å². The van der Waals surface area contributed by atoms with E-state index in [2.05, 4.69) is 16.9 Å². The molecule has 3 nitrogen and oxygen atoms in total. The van der Waals surface area contributed by atoms with Gasteiger partial charge in [0, 0.05) is 18.0 Å². The Balaban J connectivity index is 0.000000956. The van der Waals surface area contributed by atoms with Crippen LogP contribution in [0, 0.1) is 0 Å². The Morgan fingerprint density at radius 1 is 1.20 bits per heavy atom. The van der Waals surface area contributed by atoms with Gasteiger partial charge in [-0.15, -0.1) is 0 Å². The van der Waals surface area contributed by atoms with E-state index >= 15 is 0 Å². The number of hydrogen-bond donors (Lipinski definition) is 1. The van der Waals surface area contributed by atoms with E-state index in [1.54, 1.807) is 6.20 Å². The fraction of sp³-hybridized carbons (Fsp3) is 0.235. The normalized spacial score (nSPS) is 9.15. The van der Waals surface area contributed by atoms with Crippen molar-refractivity contribution in [3.63, 3.8) is 0 Å². The van der Waals surface area contributed by atoms with Gasteiger partial charge < -0.3 is 10.1 Å². The third kappa shape index (κ3) is 5.57. The van der Waals surface area contributed by atoms with Crippen LogP contribution in [0.4, 0.5) is 5.82 Å². The topological polar surface area (TPSA) is 34.1 Å². The molecule has 0 spiro atoms. The molecule has 1 N–H and O–H groups in total. The molecular weight excluding hydrogens is 248 g/mol. The minimum atomic E-state index is 0.553. The number of benzene rings is 1. The molecule has 106 valence electrons. The van der Waals surface area contributed by atoms with Crippen molar-refractivity contribution in [1.82, 2.24) is 4.98 Å². The standard InChI is InChI=1S/C15H16N2O.C2H6/c1-12(2)17-15-10-14(8-9-16-15)18-11-13-6-4-3-5-7-13;1-2/h3-10H,1,11H2,2H3,(H,16,17);1-2H3. The van der Waals surface area contributed by atoms with Gasteiger partial charge in [-0.05, 0) is 18.6 Å². The largest absolute Gasteiger partial charge is 0.489 e. The minimum Gasteiger partial charge on any atom is -0.489 e. The molecule has 0 aliphatic carbocycles. The molecule has 0 saturated heterocycles. The van der Waals surface area contributed by atoms with E-state index in [4.69, 9.17) is 4.74 Å². The van der Waals surface area contributed by atoms with Crippen LogP contribution in [-0.4, -0.2) is 4.98 Å². The lowest BCUT2D eigenvalue weighted by molar-refractivity contribution is 0.306. The van der Waals surface area contributed by atoms with Crippen LogP contribution in [0.25, 0.3) is 0 Å². The van der Waals surface area contributed by atoms with Gasteiger partial charge in [0.15, 0.2) is 0 Å². The predicted octanol–water partition coefficient (Wildman–Crippen LogP) is 4.63. The molecule has 0 unspecified atom stereocenters. The molecule has 0 bridgehead atoms. The molecule has 20 heavy (non-hydrogen) atoms. The van der Waals surface area contributed by atoms with Gasteiger partial charge in [0.1, 0.15) is 18.2 Å². The zero-order valence-corrected chi connectivity index (χ0v) is 12.4. The first-order valence-electron chi connectivity index (χ1n) is 6.79. The van der Waals surface area contributed by atoms with Crippen molar-refractivity contribution in [1.29, 1.82) is 0 Å². The van der Waals surface area contributed by atoms with Gasteiger partial charge in [-0.25, -0.2) is 4.98 Å². The number of allylic oxidation sites excluding steroid dienone is 1. The Kier molecular flexibility index (Phi) is 6.90. The molecule has 2 aromatic rings. The number of ether oxygens (including phenoxy) is 1. The average Bonchev–Trinajstić information content (AvgIpc) is 2.48. The number of nitrogens with one attached hydrogen (secondary N) is 1. The Bertz CT molecular complexity index is 524. The number of hydrogen-bond acceptors (Lipinski definition) is 3. The quantitative estimate of drug-likeness (QED) is 0.860. The second kappa shape index (κ2) is 8.75. The molecule has 0 amide bonds. The van der Waals surface area contributed by atoms with Crippen molar-refractivity contribution in [2.24, 2.45) is 0 Å². The molecule has 0 fully saturated rings. The van der Waals surface area contributed by atoms with Crippen molar-refractivity contribution >= 4 is 5.82 Å². The van der Waals surface area contributed by atoms with Crippen molar-refractivity contribution in [3.05, 3.63) is 66.5 Å². The summed E-state index contributed by atoms with van der Waals surface area (Å²) in [7, 11) is 0. The Morgan fingerprint density at radius 3 is 2.55 bits per heavy atom. The Labute approximate surface area is 121 Å². The number of nitrogens with zero attached hydrogens (tertiary/aromatic N) is 1. The molecule has 0 radical (unpaired) electrons. The zero-order chi connectivity index (χ0) is 14.8. The molecule has 1 aromatic heterocycles. The van der Waals surface area contributed by atoms with Crippen LogP contribution >= 0.6 is 0 Å². The summed E-state index contributed by atoms with van der Waals surface area (Å²) in [5, 5.41) is 3.06. The minimum absolute atomic E-state index is 0.553. The van der Waals surface area contributed by atoms with E-state index < -0.39 is 0 Å². The van der Waals surface area contributed by atoms with E-state index in [0.29, 0.717) is 6.61 Å². The average molecular weight is 270 g/mol. The Morgan fingerprint density at radius 2 is 1.90 bits per heavy atom. The highest BCUT2D eigenvalue weighted by Crippen LogP contribution is 2.16. The first kappa shape index (κ1) is 15.8. The number of rotatable bonds is 5. The first-order valence-corrected chi connectivity index (χ1v) is 6.79. The zero-order valence-electron chi connectivity index (χ0n) is 12.4. The van der Waals surface area contributed by atoms with Crippen molar-refractivity contribution < 1.29 is 4.74 Å². The van der Waals surface area contributed by atoms with Gasteiger partial charge in [0.05, 0.1) is 0 Å². The van der Waals surface area contributed by atoms with Gasteiger partial charge in [0.25, 0.3) is 0 Å². The van der Waals surface area contributed by atoms with E-state index in [1.165, 1.54) is 0 Å². The molecule has 0 saturated carbocycles. The van der Waals surface area contributed by atoms with Crippen LogP contribution in [0.2, 0.25) is 0 Å². The van der Waals surface area contributed by atoms with Crippen molar-refractivity contribution in [3.8, 4) is 5.75 Å². The van der Waals surface area contributed by atoms with Crippen LogP contribution in [0.5, 0.6) is 5.75 Å². The van der Waals surface area contributed by atoms with Crippen LogP contribution in [0.1, 0.15) is 26.3 Å². The highest BCUT2D eigenvalue weighted by molar-refractivity contribution is 5.44. The molecular formula is C17H22N2O. The maximum Gasteiger partial charge on any atom is 0.133 e. The fourth-order valence-corrected chi connectivity index (χ4v) is 1.53. The summed E-state index contributed by atoms with van der Waals surface area (Å²) in [4.78, 5) is 4.18. The van der Waals surface area contributed by atoms with Gasteiger partial charge in [-0.2, -0.15) is 0 Å². The summed E-state index contributed by atoms with van der Waals surface area (Å²) in [6, 6.07) is 13.8. The number of aromatic nitrogens is 1. The molecule has 0 aliphatic rings. The number of pyridine rings is 1. The SMILES string of the molecule is C=C(C)Nc1cc(OCc2ccccc2)ccn1.CC. The van der Waals surface area contributed by atoms with E-state index in [0.717, 1.165) is 22.8 Å². The van der Waals surface area contributed by atoms with Crippen molar-refractivity contribution in [2.45, 2.75) is 27.4 Å². The van der Waals surface area contributed by atoms with Crippen LogP contribution < -0.4 is 10.1 Å². The summed E-state index contributed by atoms with van der Waals surface area (Å²) in [6.45, 7) is 10.2. The monoisotopic (exact) mass is 270 g/mol. The van der Waals surface area contributed by atoms with Gasteiger partial charge in [0.2, 0.25) is 0 Å². The van der Waals surface area contributed by atoms with Gasteiger partial charge in [-0.1, -0.05) is 50.8 Å². The summed E-state index contributed by atoms with van der Waals surface area (Å²) in [5.41, 5.74) is 1.99. The lowest BCUT2D eigenvalue weighted by Crippen LogP contribution is -1.99. The molecule has 1 heterocycles. The highest BCUT2D eigenvalue weighted by atomic mass is 16.5. The van der Waals surface area contributed by atoms with E-state index in [9.17, 15) is 0 Å². The third-order valence-corrected chi connectivity index (χ3v) is 2.32. The second-order valence-electron chi connectivity index (χ2n) is 4.06. The maximum absolute atomic E-state index is 5.70. The van der Waals surface area contributed by atoms with E-state index in [-0.39, 0.29) is 0 Å². The first-order chi connectivity index (χ1) is 9.74. The summed E-state index contributed by atoms with van der Waals surface area (Å²) < 4.78 is 5.70. The summed E-state index contributed by atoms with van der Waals surface area (Å²) in [6.07, 6.45) is 1.71. The molecule has 0 atom stereocenters. The highest BCUT2D eigenvalue weighted by Gasteiger charge is 1.98. The molecule has 2 rings (SSSR count). The summed E-state index contributed by atoms with van der Waals surface area (Å²) in [5.74, 6) is 1.53. The molecule has 3 heteroatoms. The van der Waals surface area contributed by atoms with Crippen molar-refractivity contribution in [2.75, 3.05) is 5.32 Å². The van der Waals surface area contributed by atoms with Crippen LogP contribution in [0.3, 0.4) is 0 Å². The molecule has 1 aromatic carbocycles. The van der Waals surface area contributed by atoms with Crippen LogP contribution in [0.15, 0.2) is 60.9 Å². The summed E-state index contributed by atoms with van der Waals surface area (Å²) >= 11 is 0. The predicted molar refractivity (Wildman–Crippen MR) is 84.8 cm³/mol.